The minimum atomic E-state index is -0.499. The van der Waals surface area contributed by atoms with Gasteiger partial charge in [-0.1, -0.05) is 31.4 Å². The molecule has 1 aliphatic carbocycles. The van der Waals surface area contributed by atoms with Gasteiger partial charge >= 0.3 is 12.0 Å². The molecule has 1 aromatic rings. The Morgan fingerprint density at radius 2 is 1.84 bits per heavy atom. The molecule has 2 rings (SSSR count). The van der Waals surface area contributed by atoms with Gasteiger partial charge < -0.3 is 20.7 Å². The number of anilines is 1. The summed E-state index contributed by atoms with van der Waals surface area (Å²) >= 11 is 0. The van der Waals surface area contributed by atoms with Crippen molar-refractivity contribution in [1.29, 1.82) is 0 Å². The maximum absolute atomic E-state index is 12.0. The molecule has 1 fully saturated rings. The van der Waals surface area contributed by atoms with Crippen LogP contribution in [-0.4, -0.2) is 37.1 Å². The lowest BCUT2D eigenvalue weighted by Crippen LogP contribution is -2.45. The van der Waals surface area contributed by atoms with Gasteiger partial charge in [0, 0.05) is 6.04 Å². The van der Waals surface area contributed by atoms with Gasteiger partial charge in [-0.3, -0.25) is 4.79 Å². The highest BCUT2D eigenvalue weighted by molar-refractivity contribution is 6.02. The smallest absolute Gasteiger partial charge is 0.340 e. The number of benzene rings is 1. The molecule has 7 heteroatoms. The van der Waals surface area contributed by atoms with Crippen molar-refractivity contribution in [3.8, 4) is 0 Å². The highest BCUT2D eigenvalue weighted by Gasteiger charge is 2.17. The second-order valence-electron chi connectivity index (χ2n) is 5.98. The summed E-state index contributed by atoms with van der Waals surface area (Å²) in [5.74, 6) is -0.906. The van der Waals surface area contributed by atoms with Gasteiger partial charge in [-0.25, -0.2) is 9.59 Å². The van der Waals surface area contributed by atoms with Crippen molar-refractivity contribution in [1.82, 2.24) is 10.6 Å². The number of para-hydroxylation sites is 1. The van der Waals surface area contributed by atoms with E-state index in [1.165, 1.54) is 6.42 Å². The lowest BCUT2D eigenvalue weighted by atomic mass is 9.96. The number of ether oxygens (including phenoxy) is 1. The third-order valence-corrected chi connectivity index (χ3v) is 4.05. The van der Waals surface area contributed by atoms with Crippen molar-refractivity contribution in [3.05, 3.63) is 29.8 Å². The van der Waals surface area contributed by atoms with Crippen LogP contribution in [0.25, 0.3) is 0 Å². The largest absolute Gasteiger partial charge is 0.462 e. The molecule has 0 atom stereocenters. The summed E-state index contributed by atoms with van der Waals surface area (Å²) in [7, 11) is 0. The Morgan fingerprint density at radius 3 is 2.56 bits per heavy atom. The van der Waals surface area contributed by atoms with E-state index in [-0.39, 0.29) is 30.8 Å². The van der Waals surface area contributed by atoms with Gasteiger partial charge in [0.25, 0.3) is 0 Å². The fourth-order valence-electron chi connectivity index (χ4n) is 2.82. The van der Waals surface area contributed by atoms with E-state index in [0.717, 1.165) is 25.7 Å². The molecule has 1 aromatic carbocycles. The number of esters is 1. The van der Waals surface area contributed by atoms with Crippen LogP contribution < -0.4 is 16.0 Å². The van der Waals surface area contributed by atoms with Crippen LogP contribution in [-0.2, 0) is 9.53 Å². The normalized spacial score (nSPS) is 14.4. The monoisotopic (exact) mass is 347 g/mol. The first kappa shape index (κ1) is 18.8. The number of amides is 3. The number of carbonyl (C=O) groups is 3. The first-order chi connectivity index (χ1) is 12.1. The van der Waals surface area contributed by atoms with Gasteiger partial charge in [-0.2, -0.15) is 0 Å². The fourth-order valence-corrected chi connectivity index (χ4v) is 2.82. The lowest BCUT2D eigenvalue weighted by Gasteiger charge is -2.22. The van der Waals surface area contributed by atoms with Crippen molar-refractivity contribution in [2.24, 2.45) is 0 Å². The minimum Gasteiger partial charge on any atom is -0.462 e. The lowest BCUT2D eigenvalue weighted by molar-refractivity contribution is -0.115. The van der Waals surface area contributed by atoms with E-state index in [4.69, 9.17) is 4.74 Å². The van der Waals surface area contributed by atoms with E-state index in [9.17, 15) is 14.4 Å². The highest BCUT2D eigenvalue weighted by Crippen LogP contribution is 2.17. The Kier molecular flexibility index (Phi) is 7.25. The molecule has 1 aliphatic rings. The molecule has 0 bridgehead atoms. The molecule has 0 saturated heterocycles. The van der Waals surface area contributed by atoms with E-state index in [2.05, 4.69) is 16.0 Å². The molecule has 25 heavy (non-hydrogen) atoms. The Balaban J connectivity index is 1.82. The van der Waals surface area contributed by atoms with Gasteiger partial charge in [-0.05, 0) is 31.9 Å². The summed E-state index contributed by atoms with van der Waals surface area (Å²) in [4.78, 5) is 35.8. The van der Waals surface area contributed by atoms with Gasteiger partial charge in [0.1, 0.15) is 0 Å². The van der Waals surface area contributed by atoms with E-state index >= 15 is 0 Å². The van der Waals surface area contributed by atoms with Crippen LogP contribution in [0.3, 0.4) is 0 Å². The van der Waals surface area contributed by atoms with Crippen LogP contribution in [0, 0.1) is 0 Å². The van der Waals surface area contributed by atoms with E-state index in [1.807, 2.05) is 0 Å². The molecule has 0 aromatic heterocycles. The summed E-state index contributed by atoms with van der Waals surface area (Å²) < 4.78 is 4.96. The zero-order valence-corrected chi connectivity index (χ0v) is 14.5. The zero-order valence-electron chi connectivity index (χ0n) is 14.5. The number of carbonyl (C=O) groups excluding carboxylic acids is 3. The summed E-state index contributed by atoms with van der Waals surface area (Å²) in [5.41, 5.74) is 0.643. The maximum Gasteiger partial charge on any atom is 0.340 e. The molecule has 0 heterocycles. The summed E-state index contributed by atoms with van der Waals surface area (Å²) in [6, 6.07) is 6.43. The van der Waals surface area contributed by atoms with Crippen molar-refractivity contribution >= 4 is 23.6 Å². The first-order valence-corrected chi connectivity index (χ1v) is 8.70. The highest BCUT2D eigenvalue weighted by atomic mass is 16.5. The van der Waals surface area contributed by atoms with Gasteiger partial charge in [0.05, 0.1) is 24.4 Å². The molecule has 0 unspecified atom stereocenters. The molecule has 3 N–H and O–H groups in total. The molecule has 7 nitrogen and oxygen atoms in total. The van der Waals surface area contributed by atoms with E-state index in [0.29, 0.717) is 5.69 Å². The topological polar surface area (TPSA) is 96.5 Å². The van der Waals surface area contributed by atoms with Crippen LogP contribution in [0.15, 0.2) is 24.3 Å². The minimum absolute atomic E-state index is 0.171. The van der Waals surface area contributed by atoms with Crippen molar-refractivity contribution < 1.29 is 19.1 Å². The Morgan fingerprint density at radius 1 is 1.12 bits per heavy atom. The van der Waals surface area contributed by atoms with Crippen LogP contribution in [0.5, 0.6) is 0 Å². The average molecular weight is 347 g/mol. The third-order valence-electron chi connectivity index (χ3n) is 4.05. The Bertz CT molecular complexity index is 612. The van der Waals surface area contributed by atoms with Crippen LogP contribution in [0.1, 0.15) is 49.4 Å². The van der Waals surface area contributed by atoms with Crippen molar-refractivity contribution in [3.63, 3.8) is 0 Å². The molecular weight excluding hydrogens is 322 g/mol. The van der Waals surface area contributed by atoms with Crippen LogP contribution >= 0.6 is 0 Å². The number of rotatable bonds is 6. The number of urea groups is 1. The van der Waals surface area contributed by atoms with Crippen LogP contribution in [0.4, 0.5) is 10.5 Å². The molecule has 1 saturated carbocycles. The Labute approximate surface area is 147 Å². The number of hydrogen-bond donors (Lipinski definition) is 3. The number of nitrogens with one attached hydrogen (secondary N) is 3. The van der Waals surface area contributed by atoms with Gasteiger partial charge in [-0.15, -0.1) is 0 Å². The summed E-state index contributed by atoms with van der Waals surface area (Å²) in [6.45, 7) is 1.80. The molecule has 0 aliphatic heterocycles. The SMILES string of the molecule is CCOC(=O)c1ccccc1NC(=O)CNC(=O)NC1CCCCC1. The Hall–Kier alpha value is -2.57. The molecule has 3 amide bonds. The van der Waals surface area contributed by atoms with E-state index < -0.39 is 11.9 Å². The summed E-state index contributed by atoms with van der Waals surface area (Å²) in [5, 5.41) is 8.05. The second-order valence-corrected chi connectivity index (χ2v) is 5.98. The second kappa shape index (κ2) is 9.66. The van der Waals surface area contributed by atoms with Gasteiger partial charge in [0.15, 0.2) is 0 Å². The average Bonchev–Trinajstić information content (AvgIpc) is 2.61. The molecule has 0 spiro atoms. The van der Waals surface area contributed by atoms with E-state index in [1.54, 1.807) is 31.2 Å². The fraction of sp³-hybridized carbons (Fsp3) is 0.500. The molecule has 136 valence electrons. The summed E-state index contributed by atoms with van der Waals surface area (Å²) in [6.07, 6.45) is 5.41. The third kappa shape index (κ3) is 6.10. The van der Waals surface area contributed by atoms with Crippen molar-refractivity contribution in [2.75, 3.05) is 18.5 Å². The van der Waals surface area contributed by atoms with Crippen LogP contribution in [0.2, 0.25) is 0 Å². The zero-order chi connectivity index (χ0) is 18.1. The predicted octanol–water partition coefficient (Wildman–Crippen LogP) is 2.43. The molecular formula is C18H25N3O4. The number of hydrogen-bond acceptors (Lipinski definition) is 4. The standard InChI is InChI=1S/C18H25N3O4/c1-2-25-17(23)14-10-6-7-11-15(14)21-16(22)12-19-18(24)20-13-8-4-3-5-9-13/h6-7,10-11,13H,2-5,8-9,12H2,1H3,(H,21,22)(H2,19,20,24). The van der Waals surface area contributed by atoms with Crippen molar-refractivity contribution in [2.45, 2.75) is 45.1 Å². The first-order valence-electron chi connectivity index (χ1n) is 8.70. The quantitative estimate of drug-likeness (QED) is 0.689. The predicted molar refractivity (Wildman–Crippen MR) is 94.4 cm³/mol. The molecule has 0 radical (unpaired) electrons. The van der Waals surface area contributed by atoms with Gasteiger partial charge in [0.2, 0.25) is 5.91 Å². The maximum atomic E-state index is 12.0.